The molecule has 2 rings (SSSR count). The molecule has 1 N–H and O–H groups in total. The average molecular weight is 437 g/mol. The summed E-state index contributed by atoms with van der Waals surface area (Å²) in [5.41, 5.74) is 3.63. The number of carbonyl (C=O) groups is 1. The third-order valence-electron chi connectivity index (χ3n) is 5.84. The van der Waals surface area contributed by atoms with Gasteiger partial charge in [0.2, 0.25) is 0 Å². The van der Waals surface area contributed by atoms with E-state index in [0.29, 0.717) is 5.91 Å². The molecule has 1 heterocycles. The van der Waals surface area contributed by atoms with Gasteiger partial charge in [0.1, 0.15) is 5.66 Å². The Kier molecular flexibility index (Phi) is 10.4. The van der Waals surface area contributed by atoms with E-state index in [4.69, 9.17) is 0 Å². The molecule has 137 valence electrons. The minimum Gasteiger partial charge on any atom is -0.322 e. The van der Waals surface area contributed by atoms with Crippen LogP contribution in [0.5, 0.6) is 0 Å². The summed E-state index contributed by atoms with van der Waals surface area (Å²) in [6, 6.07) is 6.25. The van der Waals surface area contributed by atoms with Crippen LogP contribution in [0.2, 0.25) is 0 Å². The first-order valence-corrected chi connectivity index (χ1v) is 12.2. The van der Waals surface area contributed by atoms with Gasteiger partial charge in [0.15, 0.2) is 0 Å². The van der Waals surface area contributed by atoms with Crippen LogP contribution in [0.1, 0.15) is 63.5 Å². The van der Waals surface area contributed by atoms with Crippen molar-refractivity contribution >= 4 is 18.9 Å². The molecular formula is C21H35NOPY+. The first-order chi connectivity index (χ1) is 11.5. The fraction of sp³-hybridized carbons (Fsp3) is 0.667. The van der Waals surface area contributed by atoms with Gasteiger partial charge < -0.3 is 5.32 Å². The number of hydrogen-bond acceptors (Lipinski definition) is 1. The van der Waals surface area contributed by atoms with Crippen molar-refractivity contribution < 1.29 is 37.5 Å². The number of anilines is 1. The van der Waals surface area contributed by atoms with Crippen molar-refractivity contribution in [3.05, 3.63) is 29.3 Å². The first-order valence-electron chi connectivity index (χ1n) is 9.77. The van der Waals surface area contributed by atoms with Crippen LogP contribution in [0.3, 0.4) is 0 Å². The van der Waals surface area contributed by atoms with Gasteiger partial charge in [0, 0.05) is 45.7 Å². The Morgan fingerprint density at radius 3 is 2.12 bits per heavy atom. The summed E-state index contributed by atoms with van der Waals surface area (Å²) >= 11 is 0. The summed E-state index contributed by atoms with van der Waals surface area (Å²) < 4.78 is 0. The van der Waals surface area contributed by atoms with E-state index in [1.54, 1.807) is 0 Å². The van der Waals surface area contributed by atoms with E-state index >= 15 is 0 Å². The Balaban J connectivity index is 0.00000312. The number of aryl methyl sites for hydroxylation is 2. The number of nitrogens with one attached hydrogen (secondary N) is 1. The van der Waals surface area contributed by atoms with Gasteiger partial charge in [0.25, 0.3) is 5.91 Å². The molecule has 0 saturated carbocycles. The Labute approximate surface area is 180 Å². The quantitative estimate of drug-likeness (QED) is 0.542. The Morgan fingerprint density at radius 1 is 1.08 bits per heavy atom. The molecule has 1 atom stereocenters. The van der Waals surface area contributed by atoms with Crippen molar-refractivity contribution in [1.82, 2.24) is 0 Å². The third-order valence-corrected chi connectivity index (χ3v) is 11.3. The van der Waals surface area contributed by atoms with Crippen LogP contribution in [-0.4, -0.2) is 30.1 Å². The van der Waals surface area contributed by atoms with E-state index in [2.05, 4.69) is 51.2 Å². The van der Waals surface area contributed by atoms with Crippen molar-refractivity contribution in [3.8, 4) is 0 Å². The smallest absolute Gasteiger partial charge is 0.265 e. The predicted octanol–water partition coefficient (Wildman–Crippen LogP) is 6.02. The van der Waals surface area contributed by atoms with Crippen LogP contribution in [0.15, 0.2) is 18.2 Å². The van der Waals surface area contributed by atoms with Gasteiger partial charge in [-0.25, -0.2) is 0 Å². The standard InChI is InChI=1S/C21H34NOP.Y/c1-5-12-19(24(6-2)15-9-7-8-10-16-24)21(23)22-20-17(3)13-11-14-18(20)4;/h11,13-14,19H,5-10,12,15-16H2,1-4H3;/p+1. The molecule has 1 unspecified atom stereocenters. The van der Waals surface area contributed by atoms with Crippen molar-refractivity contribution in [2.75, 3.05) is 23.8 Å². The van der Waals surface area contributed by atoms with E-state index in [1.807, 2.05) is 0 Å². The number of benzene rings is 1. The molecule has 0 aliphatic carbocycles. The number of hydrogen-bond donors (Lipinski definition) is 1. The van der Waals surface area contributed by atoms with Gasteiger partial charge in [0.05, 0.1) is 18.5 Å². The second-order valence-electron chi connectivity index (χ2n) is 7.46. The zero-order chi connectivity index (χ0) is 17.6. The Morgan fingerprint density at radius 2 is 1.64 bits per heavy atom. The topological polar surface area (TPSA) is 29.1 Å². The second-order valence-corrected chi connectivity index (χ2v) is 12.0. The molecule has 1 aromatic rings. The molecule has 1 fully saturated rings. The van der Waals surface area contributed by atoms with Gasteiger partial charge in [-0.3, -0.25) is 4.79 Å². The SMILES string of the molecule is CCCC(C(=O)Nc1c(C)cccc1C)[P+]1(CC)CCCCCC1.[Y]. The van der Waals surface area contributed by atoms with Crippen molar-refractivity contribution in [2.24, 2.45) is 0 Å². The first kappa shape index (κ1) is 23.3. The Bertz CT molecular complexity index is 533. The van der Waals surface area contributed by atoms with Crippen molar-refractivity contribution in [3.63, 3.8) is 0 Å². The van der Waals surface area contributed by atoms with Crippen molar-refractivity contribution in [2.45, 2.75) is 71.9 Å². The maximum atomic E-state index is 13.3. The summed E-state index contributed by atoms with van der Waals surface area (Å²) in [6.45, 7) is 8.75. The minimum atomic E-state index is -1.18. The molecule has 0 bridgehead atoms. The summed E-state index contributed by atoms with van der Waals surface area (Å²) in [5, 5.41) is 3.33. The molecular weight excluding hydrogens is 402 g/mol. The number of carbonyl (C=O) groups excluding carboxylic acids is 1. The molecule has 2 nitrogen and oxygen atoms in total. The van der Waals surface area contributed by atoms with Crippen LogP contribution in [0.4, 0.5) is 5.69 Å². The van der Waals surface area contributed by atoms with Crippen LogP contribution in [-0.2, 0) is 37.5 Å². The predicted molar refractivity (Wildman–Crippen MR) is 109 cm³/mol. The summed E-state index contributed by atoms with van der Waals surface area (Å²) in [7, 11) is -1.18. The maximum Gasteiger partial charge on any atom is 0.265 e. The molecule has 0 spiro atoms. The Hall–Kier alpha value is 0.224. The molecule has 1 aromatic carbocycles. The van der Waals surface area contributed by atoms with Gasteiger partial charge in [-0.15, -0.1) is 0 Å². The molecule has 1 amide bonds. The molecule has 4 heteroatoms. The molecule has 1 aliphatic rings. The number of para-hydroxylation sites is 1. The third kappa shape index (κ3) is 5.85. The van der Waals surface area contributed by atoms with E-state index in [-0.39, 0.29) is 38.4 Å². The van der Waals surface area contributed by atoms with Gasteiger partial charge in [-0.2, -0.15) is 0 Å². The maximum absolute atomic E-state index is 13.3. The molecule has 1 radical (unpaired) electrons. The van der Waals surface area contributed by atoms with Crippen LogP contribution < -0.4 is 5.32 Å². The summed E-state index contributed by atoms with van der Waals surface area (Å²) in [4.78, 5) is 13.3. The van der Waals surface area contributed by atoms with E-state index in [9.17, 15) is 4.79 Å². The fourth-order valence-electron chi connectivity index (χ4n) is 4.31. The zero-order valence-electron chi connectivity index (χ0n) is 16.6. The summed E-state index contributed by atoms with van der Waals surface area (Å²) in [6.07, 6.45) is 11.4. The molecule has 25 heavy (non-hydrogen) atoms. The minimum absolute atomic E-state index is 0. The number of amides is 1. The van der Waals surface area contributed by atoms with Gasteiger partial charge in [-0.05, 0) is 64.0 Å². The summed E-state index contributed by atoms with van der Waals surface area (Å²) in [5.74, 6) is 0.298. The fourth-order valence-corrected chi connectivity index (χ4v) is 9.31. The molecule has 0 aromatic heterocycles. The van der Waals surface area contributed by atoms with Gasteiger partial charge in [-0.1, -0.05) is 31.5 Å². The van der Waals surface area contributed by atoms with Crippen LogP contribution >= 0.6 is 7.26 Å². The monoisotopic (exact) mass is 437 g/mol. The largest absolute Gasteiger partial charge is 0.322 e. The van der Waals surface area contributed by atoms with Crippen LogP contribution in [0, 0.1) is 13.8 Å². The van der Waals surface area contributed by atoms with E-state index in [1.165, 1.54) is 55.3 Å². The zero-order valence-corrected chi connectivity index (χ0v) is 20.3. The van der Waals surface area contributed by atoms with E-state index < -0.39 is 7.26 Å². The molecule has 1 saturated heterocycles. The van der Waals surface area contributed by atoms with Crippen molar-refractivity contribution in [1.29, 1.82) is 0 Å². The average Bonchev–Trinajstić information content (AvgIpc) is 2.82. The van der Waals surface area contributed by atoms with E-state index in [0.717, 1.165) is 18.5 Å². The molecule has 1 aliphatic heterocycles. The van der Waals surface area contributed by atoms with Gasteiger partial charge >= 0.3 is 0 Å². The normalized spacial score (nSPS) is 17.9. The second kappa shape index (κ2) is 11.2. The van der Waals surface area contributed by atoms with Crippen LogP contribution in [0.25, 0.3) is 0 Å². The number of rotatable bonds is 6.